The van der Waals surface area contributed by atoms with Gasteiger partial charge in [-0.1, -0.05) is 269 Å². The van der Waals surface area contributed by atoms with E-state index in [-0.39, 0.29) is 18.9 Å². The Balaban J connectivity index is 1.43. The minimum Gasteiger partial charge on any atom is -0.394 e. The molecule has 3 aliphatic heterocycles. The van der Waals surface area contributed by atoms with Crippen LogP contribution in [0.25, 0.3) is 0 Å². The average Bonchev–Trinajstić information content (AvgIpc) is 1.91. The quantitative estimate of drug-likeness (QED) is 0.0199. The molecule has 0 aliphatic carbocycles. The predicted molar refractivity (Wildman–Crippen MR) is 346 cm³/mol. The molecule has 12 N–H and O–H groups in total. The molecule has 0 aromatic heterocycles. The van der Waals surface area contributed by atoms with Crippen LogP contribution in [-0.4, -0.2) is 193 Å². The molecule has 3 rings (SSSR count). The van der Waals surface area contributed by atoms with Crippen LogP contribution in [0.3, 0.4) is 0 Å². The van der Waals surface area contributed by atoms with Crippen molar-refractivity contribution < 1.29 is 89.4 Å². The lowest BCUT2D eigenvalue weighted by atomic mass is 9.96. The summed E-state index contributed by atoms with van der Waals surface area (Å²) in [5.41, 5.74) is 0. The van der Waals surface area contributed by atoms with Gasteiger partial charge < -0.3 is 89.9 Å². The molecule has 3 fully saturated rings. The first-order valence-electron chi connectivity index (χ1n) is 36.1. The number of rotatable bonds is 56. The summed E-state index contributed by atoms with van der Waals surface area (Å²) in [7, 11) is 0. The van der Waals surface area contributed by atoms with E-state index in [2.05, 4.69) is 31.3 Å². The fourth-order valence-corrected chi connectivity index (χ4v) is 12.4. The highest BCUT2D eigenvalue weighted by molar-refractivity contribution is 5.76. The maximum atomic E-state index is 13.4. The monoisotopic (exact) mass is 1270 g/mol. The zero-order valence-electron chi connectivity index (χ0n) is 55.4. The Labute approximate surface area is 537 Å². The number of nitrogens with one attached hydrogen (secondary N) is 1. The molecule has 19 heteroatoms. The number of allylic oxidation sites excluding steroid dienone is 3. The van der Waals surface area contributed by atoms with Crippen LogP contribution in [0, 0.1) is 0 Å². The van der Waals surface area contributed by atoms with Crippen LogP contribution in [0.1, 0.15) is 284 Å². The second kappa shape index (κ2) is 52.5. The zero-order valence-corrected chi connectivity index (χ0v) is 55.4. The van der Waals surface area contributed by atoms with E-state index in [1.54, 1.807) is 6.08 Å². The van der Waals surface area contributed by atoms with Crippen molar-refractivity contribution in [1.29, 1.82) is 0 Å². The van der Waals surface area contributed by atoms with E-state index in [1.165, 1.54) is 212 Å². The largest absolute Gasteiger partial charge is 0.394 e. The number of amides is 1. The van der Waals surface area contributed by atoms with Crippen LogP contribution in [-0.2, 0) is 33.2 Å². The minimum absolute atomic E-state index is 0.241. The van der Waals surface area contributed by atoms with Crippen molar-refractivity contribution in [2.24, 2.45) is 0 Å². The standard InChI is InChI=1S/C70H131NO18/c1-3-5-7-9-11-13-15-17-19-21-23-25-26-27-28-30-32-34-36-38-40-42-44-46-48-58(76)71-53(54(75)47-45-43-41-39-37-35-33-31-29-24-22-20-18-16-14-12-10-8-6-4-2)52-84-68-64(82)61(79)66(56(50-73)86-68)89-70-65(83)62(80)67(57(51-74)87-70)88-69-63(81)60(78)59(77)55(49-72)85-69/h37,39,45,47,53-57,59-70,72-75,77-83H,3-36,38,40-44,46,48-52H2,1-2H3,(H,71,76)/b39-37+,47-45+. The molecule has 0 aromatic carbocycles. The molecule has 524 valence electrons. The molecule has 89 heavy (non-hydrogen) atoms. The van der Waals surface area contributed by atoms with E-state index in [1.807, 2.05) is 6.08 Å². The van der Waals surface area contributed by atoms with Gasteiger partial charge in [-0.05, 0) is 32.1 Å². The molecule has 0 aromatic rings. The van der Waals surface area contributed by atoms with Crippen molar-refractivity contribution in [2.45, 2.75) is 388 Å². The van der Waals surface area contributed by atoms with Gasteiger partial charge in [-0.25, -0.2) is 0 Å². The lowest BCUT2D eigenvalue weighted by Crippen LogP contribution is -2.66. The third kappa shape index (κ3) is 34.5. The van der Waals surface area contributed by atoms with Gasteiger partial charge in [0.05, 0.1) is 38.6 Å². The summed E-state index contributed by atoms with van der Waals surface area (Å²) in [5, 5.41) is 121. The Bertz CT molecular complexity index is 1710. The molecule has 0 spiro atoms. The van der Waals surface area contributed by atoms with Crippen LogP contribution in [0.15, 0.2) is 24.3 Å². The van der Waals surface area contributed by atoms with Gasteiger partial charge in [-0.15, -0.1) is 0 Å². The minimum atomic E-state index is -1.98. The van der Waals surface area contributed by atoms with E-state index >= 15 is 0 Å². The Morgan fingerprint density at radius 3 is 1.12 bits per heavy atom. The molecular weight excluding hydrogens is 1140 g/mol. The number of carbonyl (C=O) groups excluding carboxylic acids is 1. The number of aliphatic hydroxyl groups is 11. The number of hydrogen-bond acceptors (Lipinski definition) is 18. The van der Waals surface area contributed by atoms with Gasteiger partial charge in [0.15, 0.2) is 18.9 Å². The maximum absolute atomic E-state index is 13.4. The molecular formula is C70H131NO18. The summed E-state index contributed by atoms with van der Waals surface area (Å²) >= 11 is 0. The number of ether oxygens (including phenoxy) is 6. The molecule has 3 saturated heterocycles. The number of aliphatic hydroxyl groups excluding tert-OH is 11. The molecule has 17 atom stereocenters. The van der Waals surface area contributed by atoms with Crippen molar-refractivity contribution >= 4 is 5.91 Å². The van der Waals surface area contributed by atoms with Crippen molar-refractivity contribution in [1.82, 2.24) is 5.32 Å². The van der Waals surface area contributed by atoms with Crippen molar-refractivity contribution in [3.63, 3.8) is 0 Å². The molecule has 0 saturated carbocycles. The third-order valence-corrected chi connectivity index (χ3v) is 18.3. The van der Waals surface area contributed by atoms with Gasteiger partial charge >= 0.3 is 0 Å². The fourth-order valence-electron chi connectivity index (χ4n) is 12.4. The summed E-state index contributed by atoms with van der Waals surface area (Å²) in [6.07, 6.45) is 33.0. The SMILES string of the molecule is CCCCCCCCCCCCCCCC/C=C/CC/C=C/C(O)C(COC1OC(CO)C(OC2OC(CO)C(OC3OC(CO)C(O)C(O)C3O)C(O)C2O)C(O)C1O)NC(=O)CCCCCCCCCCCCCCCCCCCCCCCCCC. The van der Waals surface area contributed by atoms with Gasteiger partial charge in [0.2, 0.25) is 5.91 Å². The lowest BCUT2D eigenvalue weighted by molar-refractivity contribution is -0.379. The first-order chi connectivity index (χ1) is 43.3. The van der Waals surface area contributed by atoms with Crippen molar-refractivity contribution in [3.05, 3.63) is 24.3 Å². The van der Waals surface area contributed by atoms with E-state index in [9.17, 15) is 61.0 Å². The van der Waals surface area contributed by atoms with Gasteiger partial charge in [-0.2, -0.15) is 0 Å². The lowest BCUT2D eigenvalue weighted by Gasteiger charge is -2.48. The highest BCUT2D eigenvalue weighted by Crippen LogP contribution is 2.33. The van der Waals surface area contributed by atoms with E-state index < -0.39 is 124 Å². The van der Waals surface area contributed by atoms with Gasteiger partial charge in [-0.3, -0.25) is 4.79 Å². The van der Waals surface area contributed by atoms with Crippen LogP contribution >= 0.6 is 0 Å². The van der Waals surface area contributed by atoms with Crippen LogP contribution in [0.2, 0.25) is 0 Å². The molecule has 17 unspecified atom stereocenters. The molecule has 19 nitrogen and oxygen atoms in total. The normalized spacial score (nSPS) is 28.3. The number of unbranched alkanes of at least 4 members (excludes halogenated alkanes) is 38. The molecule has 0 bridgehead atoms. The van der Waals surface area contributed by atoms with Crippen LogP contribution in [0.4, 0.5) is 0 Å². The Hall–Kier alpha value is -1.73. The summed E-state index contributed by atoms with van der Waals surface area (Å²) in [4.78, 5) is 13.4. The molecule has 0 radical (unpaired) electrons. The topological polar surface area (TPSA) is 307 Å². The Morgan fingerprint density at radius 1 is 0.393 bits per heavy atom. The van der Waals surface area contributed by atoms with E-state index in [0.717, 1.165) is 38.5 Å². The summed E-state index contributed by atoms with van der Waals surface area (Å²) in [5.74, 6) is -0.279. The van der Waals surface area contributed by atoms with Gasteiger partial charge in [0.25, 0.3) is 0 Å². The Kier molecular flexibility index (Phi) is 48.1. The van der Waals surface area contributed by atoms with Gasteiger partial charge in [0, 0.05) is 6.42 Å². The third-order valence-electron chi connectivity index (χ3n) is 18.3. The van der Waals surface area contributed by atoms with E-state index in [0.29, 0.717) is 12.8 Å². The second-order valence-electron chi connectivity index (χ2n) is 26.1. The van der Waals surface area contributed by atoms with E-state index in [4.69, 9.17) is 28.4 Å². The molecule has 3 heterocycles. The number of carbonyl (C=O) groups is 1. The Morgan fingerprint density at radius 2 is 0.719 bits per heavy atom. The number of hydrogen-bond donors (Lipinski definition) is 12. The highest BCUT2D eigenvalue weighted by Gasteiger charge is 2.53. The average molecular weight is 1270 g/mol. The highest BCUT2D eigenvalue weighted by atomic mass is 16.8. The van der Waals surface area contributed by atoms with Gasteiger partial charge in [0.1, 0.15) is 73.2 Å². The van der Waals surface area contributed by atoms with Crippen molar-refractivity contribution in [2.75, 3.05) is 26.4 Å². The molecule has 1 amide bonds. The first-order valence-corrected chi connectivity index (χ1v) is 36.1. The maximum Gasteiger partial charge on any atom is 0.220 e. The van der Waals surface area contributed by atoms with Crippen LogP contribution < -0.4 is 5.32 Å². The summed E-state index contributed by atoms with van der Waals surface area (Å²) < 4.78 is 34.4. The van der Waals surface area contributed by atoms with Crippen LogP contribution in [0.5, 0.6) is 0 Å². The zero-order chi connectivity index (χ0) is 64.7. The fraction of sp³-hybridized carbons (Fsp3) is 0.929. The smallest absolute Gasteiger partial charge is 0.220 e. The predicted octanol–water partition coefficient (Wildman–Crippen LogP) is 9.83. The first kappa shape index (κ1) is 81.5. The van der Waals surface area contributed by atoms with Crippen molar-refractivity contribution in [3.8, 4) is 0 Å². The second-order valence-corrected chi connectivity index (χ2v) is 26.1. The summed E-state index contributed by atoms with van der Waals surface area (Å²) in [6, 6.07) is -0.987. The summed E-state index contributed by atoms with van der Waals surface area (Å²) in [6.45, 7) is 1.76. The molecule has 3 aliphatic rings.